The van der Waals surface area contributed by atoms with Gasteiger partial charge >= 0.3 is 0 Å². The molecule has 0 aliphatic heterocycles. The number of benzene rings is 2. The Morgan fingerprint density at radius 1 is 1.00 bits per heavy atom. The van der Waals surface area contributed by atoms with Crippen LogP contribution in [0.1, 0.15) is 56.4 Å². The molecule has 31 heavy (non-hydrogen) atoms. The van der Waals surface area contributed by atoms with E-state index in [9.17, 15) is 9.59 Å². The molecule has 0 bridgehead atoms. The van der Waals surface area contributed by atoms with E-state index in [0.29, 0.717) is 18.7 Å². The Morgan fingerprint density at radius 2 is 1.68 bits per heavy atom. The van der Waals surface area contributed by atoms with Gasteiger partial charge in [-0.3, -0.25) is 9.59 Å². The van der Waals surface area contributed by atoms with Crippen LogP contribution in [0.5, 0.6) is 5.75 Å². The lowest BCUT2D eigenvalue weighted by molar-refractivity contribution is -0.143. The summed E-state index contributed by atoms with van der Waals surface area (Å²) in [7, 11) is 0. The largest absolute Gasteiger partial charge is 0.484 e. The highest BCUT2D eigenvalue weighted by Gasteiger charge is 2.31. The van der Waals surface area contributed by atoms with Crippen molar-refractivity contribution < 1.29 is 14.3 Å². The molecular formula is C26H36N2O3. The summed E-state index contributed by atoms with van der Waals surface area (Å²) in [6.45, 7) is 14.0. The van der Waals surface area contributed by atoms with Gasteiger partial charge in [-0.05, 0) is 82.3 Å². The number of carbonyl (C=O) groups excluding carboxylic acids is 2. The number of nitrogens with one attached hydrogen (secondary N) is 1. The first kappa shape index (κ1) is 24.4. The number of carbonyl (C=O) groups is 2. The van der Waals surface area contributed by atoms with Gasteiger partial charge < -0.3 is 15.0 Å². The highest BCUT2D eigenvalue weighted by atomic mass is 16.5. The Balaban J connectivity index is 2.26. The molecule has 0 saturated carbocycles. The SMILES string of the molecule is CC[C@H](C(=O)NC(C)(C)C)N(Cc1ccccc1C)C(=O)COc1ccc(C)c(C)c1. The molecule has 2 aromatic carbocycles. The molecule has 0 unspecified atom stereocenters. The summed E-state index contributed by atoms with van der Waals surface area (Å²) in [4.78, 5) is 27.9. The lowest BCUT2D eigenvalue weighted by Crippen LogP contribution is -2.54. The first-order chi connectivity index (χ1) is 14.5. The Morgan fingerprint density at radius 3 is 2.26 bits per heavy atom. The van der Waals surface area contributed by atoms with Gasteiger partial charge in [-0.15, -0.1) is 0 Å². The fourth-order valence-electron chi connectivity index (χ4n) is 3.38. The molecule has 0 aliphatic rings. The van der Waals surface area contributed by atoms with E-state index in [1.807, 2.05) is 90.9 Å². The fraction of sp³-hybridized carbons (Fsp3) is 0.462. The van der Waals surface area contributed by atoms with E-state index in [4.69, 9.17) is 4.74 Å². The van der Waals surface area contributed by atoms with Gasteiger partial charge in [-0.25, -0.2) is 0 Å². The van der Waals surface area contributed by atoms with Gasteiger partial charge in [0.15, 0.2) is 6.61 Å². The van der Waals surface area contributed by atoms with E-state index in [1.54, 1.807) is 4.90 Å². The van der Waals surface area contributed by atoms with Crippen molar-refractivity contribution in [1.82, 2.24) is 10.2 Å². The quantitative estimate of drug-likeness (QED) is 0.667. The molecule has 1 atom stereocenters. The van der Waals surface area contributed by atoms with E-state index in [1.165, 1.54) is 5.56 Å². The summed E-state index contributed by atoms with van der Waals surface area (Å²) in [6.07, 6.45) is 0.517. The predicted molar refractivity (Wildman–Crippen MR) is 125 cm³/mol. The van der Waals surface area contributed by atoms with Crippen molar-refractivity contribution in [3.05, 3.63) is 64.7 Å². The van der Waals surface area contributed by atoms with Gasteiger partial charge in [0.1, 0.15) is 11.8 Å². The van der Waals surface area contributed by atoms with Crippen LogP contribution in [0.4, 0.5) is 0 Å². The molecule has 168 valence electrons. The first-order valence-electron chi connectivity index (χ1n) is 10.9. The summed E-state index contributed by atoms with van der Waals surface area (Å²) in [5, 5.41) is 3.02. The van der Waals surface area contributed by atoms with Crippen LogP contribution >= 0.6 is 0 Å². The molecule has 2 aromatic rings. The molecule has 0 spiro atoms. The highest BCUT2D eigenvalue weighted by Crippen LogP contribution is 2.19. The second kappa shape index (κ2) is 10.5. The van der Waals surface area contributed by atoms with Gasteiger partial charge in [0.25, 0.3) is 5.91 Å². The number of hydrogen-bond acceptors (Lipinski definition) is 3. The van der Waals surface area contributed by atoms with Crippen molar-refractivity contribution in [3.63, 3.8) is 0 Å². The van der Waals surface area contributed by atoms with E-state index < -0.39 is 6.04 Å². The zero-order valence-electron chi connectivity index (χ0n) is 19.9. The summed E-state index contributed by atoms with van der Waals surface area (Å²) >= 11 is 0. The third kappa shape index (κ3) is 7.12. The zero-order chi connectivity index (χ0) is 23.2. The summed E-state index contributed by atoms with van der Waals surface area (Å²) in [5.74, 6) is 0.292. The van der Waals surface area contributed by atoms with Gasteiger partial charge in [0.2, 0.25) is 5.91 Å². The monoisotopic (exact) mass is 424 g/mol. The average molecular weight is 425 g/mol. The molecule has 0 fully saturated rings. The molecule has 0 heterocycles. The van der Waals surface area contributed by atoms with Crippen LogP contribution in [-0.4, -0.2) is 34.9 Å². The number of amides is 2. The van der Waals surface area contributed by atoms with Crippen LogP contribution in [-0.2, 0) is 16.1 Å². The Kier molecular flexibility index (Phi) is 8.26. The van der Waals surface area contributed by atoms with E-state index >= 15 is 0 Å². The Bertz CT molecular complexity index is 915. The predicted octanol–water partition coefficient (Wildman–Crippen LogP) is 4.71. The second-order valence-electron chi connectivity index (χ2n) is 9.15. The van der Waals surface area contributed by atoms with Crippen molar-refractivity contribution >= 4 is 11.8 Å². The Labute approximate surface area is 186 Å². The summed E-state index contributed by atoms with van der Waals surface area (Å²) in [5.41, 5.74) is 4.01. The van der Waals surface area contributed by atoms with Crippen molar-refractivity contribution in [3.8, 4) is 5.75 Å². The summed E-state index contributed by atoms with van der Waals surface area (Å²) in [6, 6.07) is 13.1. The minimum absolute atomic E-state index is 0.117. The van der Waals surface area contributed by atoms with E-state index in [-0.39, 0.29) is 24.0 Å². The molecule has 2 rings (SSSR count). The third-order valence-electron chi connectivity index (χ3n) is 5.33. The van der Waals surface area contributed by atoms with Crippen LogP contribution in [0.3, 0.4) is 0 Å². The number of hydrogen-bond donors (Lipinski definition) is 1. The standard InChI is InChI=1S/C26H36N2O3/c1-8-23(25(30)27-26(5,6)7)28(16-21-12-10-9-11-19(21)3)24(29)17-31-22-14-13-18(2)20(4)15-22/h9-15,23H,8,16-17H2,1-7H3,(H,27,30)/t23-/m1/s1. The minimum atomic E-state index is -0.574. The maximum absolute atomic E-state index is 13.3. The molecule has 2 amide bonds. The lowest BCUT2D eigenvalue weighted by atomic mass is 10.0. The fourth-order valence-corrected chi connectivity index (χ4v) is 3.38. The van der Waals surface area contributed by atoms with Crippen molar-refractivity contribution in [2.24, 2.45) is 0 Å². The van der Waals surface area contributed by atoms with Crippen molar-refractivity contribution in [2.45, 2.75) is 73.0 Å². The van der Waals surface area contributed by atoms with Gasteiger partial charge in [-0.1, -0.05) is 37.3 Å². The molecular weight excluding hydrogens is 388 g/mol. The van der Waals surface area contributed by atoms with Gasteiger partial charge in [0.05, 0.1) is 0 Å². The molecule has 0 aliphatic carbocycles. The van der Waals surface area contributed by atoms with Gasteiger partial charge in [-0.2, -0.15) is 0 Å². The zero-order valence-corrected chi connectivity index (χ0v) is 19.9. The maximum atomic E-state index is 13.3. The average Bonchev–Trinajstić information content (AvgIpc) is 2.68. The smallest absolute Gasteiger partial charge is 0.261 e. The minimum Gasteiger partial charge on any atom is -0.484 e. The van der Waals surface area contributed by atoms with E-state index in [2.05, 4.69) is 5.32 Å². The molecule has 5 heteroatoms. The normalized spacial score (nSPS) is 12.2. The van der Waals surface area contributed by atoms with Crippen molar-refractivity contribution in [1.29, 1.82) is 0 Å². The number of aryl methyl sites for hydroxylation is 3. The Hall–Kier alpha value is -2.82. The van der Waals surface area contributed by atoms with E-state index in [0.717, 1.165) is 16.7 Å². The van der Waals surface area contributed by atoms with Crippen molar-refractivity contribution in [2.75, 3.05) is 6.61 Å². The van der Waals surface area contributed by atoms with Crippen LogP contribution in [0, 0.1) is 20.8 Å². The summed E-state index contributed by atoms with van der Waals surface area (Å²) < 4.78 is 5.80. The lowest BCUT2D eigenvalue weighted by Gasteiger charge is -2.33. The second-order valence-corrected chi connectivity index (χ2v) is 9.15. The molecule has 0 radical (unpaired) electrons. The van der Waals surface area contributed by atoms with Gasteiger partial charge in [0, 0.05) is 12.1 Å². The highest BCUT2D eigenvalue weighted by molar-refractivity contribution is 5.88. The van der Waals surface area contributed by atoms with Crippen LogP contribution in [0.25, 0.3) is 0 Å². The van der Waals surface area contributed by atoms with Crippen LogP contribution < -0.4 is 10.1 Å². The molecule has 0 aromatic heterocycles. The topological polar surface area (TPSA) is 58.6 Å². The molecule has 0 saturated heterocycles. The number of rotatable bonds is 8. The first-order valence-corrected chi connectivity index (χ1v) is 10.9. The number of ether oxygens (including phenoxy) is 1. The molecule has 1 N–H and O–H groups in total. The van der Waals surface area contributed by atoms with Crippen LogP contribution in [0.15, 0.2) is 42.5 Å². The third-order valence-corrected chi connectivity index (χ3v) is 5.33. The molecule has 5 nitrogen and oxygen atoms in total. The maximum Gasteiger partial charge on any atom is 0.261 e. The van der Waals surface area contributed by atoms with Crippen LogP contribution in [0.2, 0.25) is 0 Å². The number of nitrogens with zero attached hydrogens (tertiary/aromatic N) is 1.